The zero-order chi connectivity index (χ0) is 10.1. The molecule has 0 aliphatic carbocycles. The van der Waals surface area contributed by atoms with Crippen LogP contribution in [0.2, 0.25) is 0 Å². The number of rotatable bonds is 1. The first kappa shape index (κ1) is 11.7. The van der Waals surface area contributed by atoms with Gasteiger partial charge in [-0.05, 0) is 11.6 Å². The molecule has 0 spiro atoms. The zero-order valence-corrected chi connectivity index (χ0v) is 8.12. The van der Waals surface area contributed by atoms with E-state index in [1.165, 1.54) is 6.42 Å². The summed E-state index contributed by atoms with van der Waals surface area (Å²) in [5.41, 5.74) is 1.23. The first-order chi connectivity index (χ1) is 6.29. The minimum absolute atomic E-state index is 0.0657. The van der Waals surface area contributed by atoms with E-state index in [0.717, 1.165) is 0 Å². The summed E-state index contributed by atoms with van der Waals surface area (Å²) < 4.78 is 0. The van der Waals surface area contributed by atoms with Crippen LogP contribution in [0.15, 0.2) is 24.3 Å². The molecular weight excluding hydrogens is 162 g/mol. The second-order valence-corrected chi connectivity index (χ2v) is 2.63. The zero-order valence-electron chi connectivity index (χ0n) is 8.12. The fourth-order valence-electron chi connectivity index (χ4n) is 0.767. The summed E-state index contributed by atoms with van der Waals surface area (Å²) in [6, 6.07) is 8.98. The van der Waals surface area contributed by atoms with Gasteiger partial charge >= 0.3 is 0 Å². The van der Waals surface area contributed by atoms with Crippen LogP contribution in [0.4, 0.5) is 0 Å². The lowest BCUT2D eigenvalue weighted by molar-refractivity contribution is 0.281. The molecule has 0 heterocycles. The molecule has 2 heteroatoms. The lowest BCUT2D eigenvalue weighted by Gasteiger charge is -1.95. The number of hydrogen-bond acceptors (Lipinski definition) is 2. The summed E-state index contributed by atoms with van der Waals surface area (Å²) in [5, 5.41) is 17.2. The maximum absolute atomic E-state index is 8.70. The third-order valence-electron chi connectivity index (χ3n) is 1.31. The van der Waals surface area contributed by atoms with Crippen molar-refractivity contribution < 1.29 is 5.11 Å². The van der Waals surface area contributed by atoms with Crippen LogP contribution in [0.1, 0.15) is 31.4 Å². The van der Waals surface area contributed by atoms with E-state index in [-0.39, 0.29) is 6.61 Å². The molecule has 1 aromatic carbocycles. The van der Waals surface area contributed by atoms with Gasteiger partial charge in [-0.15, -0.1) is 0 Å². The summed E-state index contributed by atoms with van der Waals surface area (Å²) in [4.78, 5) is 0. The fraction of sp³-hybridized carbons (Fsp3) is 0.364. The summed E-state index contributed by atoms with van der Waals surface area (Å²) >= 11 is 0. The van der Waals surface area contributed by atoms with Crippen molar-refractivity contribution in [2.75, 3.05) is 0 Å². The van der Waals surface area contributed by atoms with Crippen LogP contribution in [0.25, 0.3) is 0 Å². The number of aliphatic hydroxyl groups is 1. The van der Waals surface area contributed by atoms with Crippen molar-refractivity contribution in [3.8, 4) is 6.07 Å². The first-order valence-electron chi connectivity index (χ1n) is 4.38. The number of nitriles is 1. The van der Waals surface area contributed by atoms with Crippen LogP contribution in [0.3, 0.4) is 0 Å². The number of aliphatic hydroxyl groups excluding tert-OH is 1. The van der Waals surface area contributed by atoms with Gasteiger partial charge in [-0.2, -0.15) is 5.26 Å². The Bertz CT molecular complexity index is 276. The Morgan fingerprint density at radius 2 is 1.85 bits per heavy atom. The average molecular weight is 177 g/mol. The van der Waals surface area contributed by atoms with Crippen molar-refractivity contribution in [3.05, 3.63) is 35.4 Å². The van der Waals surface area contributed by atoms with E-state index in [9.17, 15) is 0 Å². The Morgan fingerprint density at radius 1 is 1.31 bits per heavy atom. The molecule has 0 atom stereocenters. The Labute approximate surface area is 79.4 Å². The van der Waals surface area contributed by atoms with Gasteiger partial charge in [0.25, 0.3) is 0 Å². The predicted octanol–water partition coefficient (Wildman–Crippen LogP) is 2.47. The van der Waals surface area contributed by atoms with Gasteiger partial charge in [-0.3, -0.25) is 0 Å². The van der Waals surface area contributed by atoms with E-state index in [1.54, 1.807) is 24.3 Å². The molecule has 0 bridgehead atoms. The van der Waals surface area contributed by atoms with Crippen LogP contribution in [-0.2, 0) is 6.61 Å². The molecule has 13 heavy (non-hydrogen) atoms. The molecule has 0 aliphatic rings. The van der Waals surface area contributed by atoms with Crippen molar-refractivity contribution in [3.63, 3.8) is 0 Å². The Hall–Kier alpha value is -1.33. The van der Waals surface area contributed by atoms with Gasteiger partial charge in [0.05, 0.1) is 18.2 Å². The highest BCUT2D eigenvalue weighted by molar-refractivity contribution is 5.36. The highest BCUT2D eigenvalue weighted by Gasteiger charge is 1.95. The Kier molecular flexibility index (Phi) is 6.58. The molecular formula is C11H15NO. The normalized spacial score (nSPS) is 8.15. The van der Waals surface area contributed by atoms with Gasteiger partial charge in [-0.1, -0.05) is 38.5 Å². The van der Waals surface area contributed by atoms with Gasteiger partial charge in [0.1, 0.15) is 0 Å². The van der Waals surface area contributed by atoms with Crippen LogP contribution >= 0.6 is 0 Å². The quantitative estimate of drug-likeness (QED) is 0.716. The number of nitrogens with zero attached hydrogens (tertiary/aromatic N) is 1. The van der Waals surface area contributed by atoms with Crippen molar-refractivity contribution in [1.82, 2.24) is 0 Å². The van der Waals surface area contributed by atoms with Gasteiger partial charge < -0.3 is 5.11 Å². The second-order valence-electron chi connectivity index (χ2n) is 2.63. The molecule has 70 valence electrons. The predicted molar refractivity (Wildman–Crippen MR) is 53.0 cm³/mol. The van der Waals surface area contributed by atoms with E-state index >= 15 is 0 Å². The lowest BCUT2D eigenvalue weighted by Crippen LogP contribution is -1.86. The van der Waals surface area contributed by atoms with Crippen molar-refractivity contribution in [2.45, 2.75) is 26.9 Å². The molecule has 0 fully saturated rings. The summed E-state index contributed by atoms with van der Waals surface area (Å²) in [5.74, 6) is 0. The highest BCUT2D eigenvalue weighted by Crippen LogP contribution is 2.05. The van der Waals surface area contributed by atoms with Gasteiger partial charge in [0.2, 0.25) is 0 Å². The van der Waals surface area contributed by atoms with E-state index < -0.39 is 0 Å². The van der Waals surface area contributed by atoms with Crippen LogP contribution in [0.5, 0.6) is 0 Å². The molecule has 1 rings (SSSR count). The Morgan fingerprint density at radius 3 is 2.23 bits per heavy atom. The Balaban J connectivity index is 0.000000424. The highest BCUT2D eigenvalue weighted by atomic mass is 16.3. The van der Waals surface area contributed by atoms with Gasteiger partial charge in [0.15, 0.2) is 0 Å². The third kappa shape index (κ3) is 4.29. The minimum Gasteiger partial charge on any atom is -0.392 e. The molecule has 2 nitrogen and oxygen atoms in total. The van der Waals surface area contributed by atoms with E-state index in [4.69, 9.17) is 10.4 Å². The molecule has 1 N–H and O–H groups in total. The molecule has 1 aromatic rings. The average Bonchev–Trinajstić information content (AvgIpc) is 2.19. The smallest absolute Gasteiger partial charge is 0.0995 e. The molecule has 0 radical (unpaired) electrons. The summed E-state index contributed by atoms with van der Waals surface area (Å²) in [6.07, 6.45) is 1.25. The van der Waals surface area contributed by atoms with Crippen molar-refractivity contribution >= 4 is 0 Å². The molecule has 0 amide bonds. The third-order valence-corrected chi connectivity index (χ3v) is 1.31. The van der Waals surface area contributed by atoms with Gasteiger partial charge in [-0.25, -0.2) is 0 Å². The maximum Gasteiger partial charge on any atom is 0.0995 e. The topological polar surface area (TPSA) is 44.0 Å². The summed E-state index contributed by atoms with van der Waals surface area (Å²) in [7, 11) is 0. The molecule has 0 saturated carbocycles. The fourth-order valence-corrected chi connectivity index (χ4v) is 0.767. The molecule has 0 saturated heterocycles. The minimum atomic E-state index is -0.0657. The van der Waals surface area contributed by atoms with Gasteiger partial charge in [0, 0.05) is 0 Å². The molecule has 0 aliphatic heterocycles. The largest absolute Gasteiger partial charge is 0.392 e. The standard InChI is InChI=1S/C8H7NO.C3H8/c9-5-7-3-1-2-4-8(7)6-10;1-3-2/h1-4,10H,6H2;3H2,1-2H3. The number of hydrogen-bond donors (Lipinski definition) is 1. The summed E-state index contributed by atoms with van der Waals surface area (Å²) in [6.45, 7) is 4.18. The second kappa shape index (κ2) is 7.33. The number of benzene rings is 1. The monoisotopic (exact) mass is 177 g/mol. The molecule has 0 aromatic heterocycles. The van der Waals surface area contributed by atoms with Crippen molar-refractivity contribution in [1.29, 1.82) is 5.26 Å². The van der Waals surface area contributed by atoms with Crippen molar-refractivity contribution in [2.24, 2.45) is 0 Å². The van der Waals surface area contributed by atoms with Crippen LogP contribution in [0, 0.1) is 11.3 Å². The van der Waals surface area contributed by atoms with Crippen LogP contribution < -0.4 is 0 Å². The maximum atomic E-state index is 8.70. The van der Waals surface area contributed by atoms with E-state index in [0.29, 0.717) is 11.1 Å². The van der Waals surface area contributed by atoms with E-state index in [2.05, 4.69) is 13.8 Å². The lowest BCUT2D eigenvalue weighted by atomic mass is 10.1. The molecule has 0 unspecified atom stereocenters. The SMILES string of the molecule is CCC.N#Cc1ccccc1CO. The first-order valence-corrected chi connectivity index (χ1v) is 4.38. The van der Waals surface area contributed by atoms with Crippen LogP contribution in [-0.4, -0.2) is 5.11 Å². The van der Waals surface area contributed by atoms with E-state index in [1.807, 2.05) is 6.07 Å².